The number of sulfone groups is 1. The van der Waals surface area contributed by atoms with Gasteiger partial charge in [-0.3, -0.25) is 20.2 Å². The molecule has 0 radical (unpaired) electrons. The first kappa shape index (κ1) is 19.0. The van der Waals surface area contributed by atoms with E-state index in [1.165, 1.54) is 6.92 Å². The highest BCUT2D eigenvalue weighted by molar-refractivity contribution is 7.92. The minimum Gasteiger partial charge on any atom is -0.258 e. The van der Waals surface area contributed by atoms with Crippen molar-refractivity contribution in [3.05, 3.63) is 38.4 Å². The molecule has 9 heteroatoms. The molecule has 0 spiro atoms. The average Bonchev–Trinajstić information content (AvgIpc) is 2.50. The molecule has 0 unspecified atom stereocenters. The molecule has 0 fully saturated rings. The number of hydrogen-bond acceptors (Lipinski definition) is 6. The van der Waals surface area contributed by atoms with Gasteiger partial charge in [0.2, 0.25) is 0 Å². The molecule has 0 aliphatic rings. The summed E-state index contributed by atoms with van der Waals surface area (Å²) >= 11 is 0. The zero-order valence-corrected chi connectivity index (χ0v) is 13.9. The highest BCUT2D eigenvalue weighted by Crippen LogP contribution is 2.31. The third-order valence-corrected chi connectivity index (χ3v) is 5.90. The van der Waals surface area contributed by atoms with Gasteiger partial charge < -0.3 is 0 Å². The Morgan fingerprint density at radius 2 is 1.74 bits per heavy atom. The van der Waals surface area contributed by atoms with Crippen molar-refractivity contribution in [3.8, 4) is 0 Å². The minimum atomic E-state index is -3.91. The molecule has 8 nitrogen and oxygen atoms in total. The molecule has 128 valence electrons. The number of nitrogens with zero attached hydrogens (tertiary/aromatic N) is 2. The van der Waals surface area contributed by atoms with Crippen LogP contribution in [0.15, 0.2) is 23.1 Å². The molecule has 0 aliphatic heterocycles. The standard InChI is InChI=1S/C14H20N2O6S/c1-3-4-5-6-7-11(2)23(21,22)14-9-8-12(15(17)18)10-13(14)16(19)20/h8-11H,3-7H2,1-2H3/t11-/m1/s1. The van der Waals surface area contributed by atoms with Gasteiger partial charge in [-0.15, -0.1) is 0 Å². The maximum atomic E-state index is 12.5. The fourth-order valence-corrected chi connectivity index (χ4v) is 3.83. The lowest BCUT2D eigenvalue weighted by Gasteiger charge is -2.13. The molecule has 0 heterocycles. The van der Waals surface area contributed by atoms with Crippen molar-refractivity contribution in [2.45, 2.75) is 56.1 Å². The van der Waals surface area contributed by atoms with Crippen molar-refractivity contribution in [2.75, 3.05) is 0 Å². The number of unbranched alkanes of at least 4 members (excludes halogenated alkanes) is 3. The van der Waals surface area contributed by atoms with Gasteiger partial charge in [-0.2, -0.15) is 0 Å². The SMILES string of the molecule is CCCCCC[C@@H](C)S(=O)(=O)c1ccc([N+](=O)[O-])cc1[N+](=O)[O-]. The molecule has 1 rings (SSSR count). The summed E-state index contributed by atoms with van der Waals surface area (Å²) < 4.78 is 25.1. The van der Waals surface area contributed by atoms with Crippen molar-refractivity contribution >= 4 is 21.2 Å². The summed E-state index contributed by atoms with van der Waals surface area (Å²) in [5, 5.41) is 21.0. The Kier molecular flexibility index (Phi) is 6.62. The predicted octanol–water partition coefficient (Wildman–Crippen LogP) is 3.64. The Morgan fingerprint density at radius 3 is 2.26 bits per heavy atom. The number of non-ortho nitro benzene ring substituents is 1. The van der Waals surface area contributed by atoms with Gasteiger partial charge in [-0.05, 0) is 19.4 Å². The van der Waals surface area contributed by atoms with Gasteiger partial charge in [0.05, 0.1) is 21.2 Å². The number of nitro groups is 2. The van der Waals surface area contributed by atoms with E-state index in [4.69, 9.17) is 0 Å². The van der Waals surface area contributed by atoms with E-state index >= 15 is 0 Å². The quantitative estimate of drug-likeness (QED) is 0.383. The van der Waals surface area contributed by atoms with Crippen LogP contribution in [0.2, 0.25) is 0 Å². The third-order valence-electron chi connectivity index (χ3n) is 3.65. The summed E-state index contributed by atoms with van der Waals surface area (Å²) in [5.41, 5.74) is -1.26. The van der Waals surface area contributed by atoms with Crippen LogP contribution >= 0.6 is 0 Å². The van der Waals surface area contributed by atoms with Crippen molar-refractivity contribution < 1.29 is 18.3 Å². The minimum absolute atomic E-state index is 0.399. The van der Waals surface area contributed by atoms with E-state index in [1.807, 2.05) is 6.92 Å². The molecule has 0 bridgehead atoms. The van der Waals surface area contributed by atoms with E-state index in [0.717, 1.165) is 37.8 Å². The Morgan fingerprint density at radius 1 is 1.09 bits per heavy atom. The molecule has 0 saturated carbocycles. The molecule has 0 amide bonds. The van der Waals surface area contributed by atoms with E-state index in [1.54, 1.807) is 0 Å². The molecule has 1 aromatic carbocycles. The van der Waals surface area contributed by atoms with Gasteiger partial charge in [0.15, 0.2) is 9.84 Å². The van der Waals surface area contributed by atoms with Crippen molar-refractivity contribution in [1.82, 2.24) is 0 Å². The predicted molar refractivity (Wildman–Crippen MR) is 85.2 cm³/mol. The van der Waals surface area contributed by atoms with Gasteiger partial charge in [-0.25, -0.2) is 8.42 Å². The number of nitro benzene ring substituents is 2. The number of benzene rings is 1. The molecular weight excluding hydrogens is 324 g/mol. The van der Waals surface area contributed by atoms with Crippen LogP contribution < -0.4 is 0 Å². The van der Waals surface area contributed by atoms with Crippen LogP contribution in [0.4, 0.5) is 11.4 Å². The highest BCUT2D eigenvalue weighted by atomic mass is 32.2. The highest BCUT2D eigenvalue weighted by Gasteiger charge is 2.32. The summed E-state index contributed by atoms with van der Waals surface area (Å²) in [6.07, 6.45) is 4.05. The molecule has 0 N–H and O–H groups in total. The summed E-state index contributed by atoms with van der Waals surface area (Å²) in [5.74, 6) is 0. The second kappa shape index (κ2) is 8.00. The maximum absolute atomic E-state index is 12.5. The van der Waals surface area contributed by atoms with Crippen LogP contribution in [0.3, 0.4) is 0 Å². The smallest absolute Gasteiger partial charge is 0.258 e. The lowest BCUT2D eigenvalue weighted by atomic mass is 10.1. The van der Waals surface area contributed by atoms with Crippen molar-refractivity contribution in [2.24, 2.45) is 0 Å². The summed E-state index contributed by atoms with van der Waals surface area (Å²) in [4.78, 5) is 19.6. The zero-order valence-electron chi connectivity index (χ0n) is 13.1. The normalized spacial score (nSPS) is 12.8. The van der Waals surface area contributed by atoms with Crippen LogP contribution in [0.1, 0.15) is 46.0 Å². The van der Waals surface area contributed by atoms with Crippen LogP contribution in [0.25, 0.3) is 0 Å². The Labute approximate surface area is 134 Å². The van der Waals surface area contributed by atoms with Gasteiger partial charge in [0.1, 0.15) is 4.90 Å². The fraction of sp³-hybridized carbons (Fsp3) is 0.571. The monoisotopic (exact) mass is 344 g/mol. The molecule has 23 heavy (non-hydrogen) atoms. The summed E-state index contributed by atoms with van der Waals surface area (Å²) in [6.45, 7) is 3.55. The Balaban J connectivity index is 3.12. The molecule has 1 aromatic rings. The zero-order chi connectivity index (χ0) is 17.6. The van der Waals surface area contributed by atoms with Crippen molar-refractivity contribution in [3.63, 3.8) is 0 Å². The molecular formula is C14H20N2O6S. The van der Waals surface area contributed by atoms with E-state index in [-0.39, 0.29) is 0 Å². The first-order valence-corrected chi connectivity index (χ1v) is 8.93. The maximum Gasteiger partial charge on any atom is 0.294 e. The first-order valence-electron chi connectivity index (χ1n) is 7.38. The van der Waals surface area contributed by atoms with E-state index in [2.05, 4.69) is 0 Å². The number of hydrogen-bond donors (Lipinski definition) is 0. The molecule has 0 saturated heterocycles. The fourth-order valence-electron chi connectivity index (χ4n) is 2.23. The summed E-state index contributed by atoms with van der Waals surface area (Å²) in [7, 11) is -3.91. The van der Waals surface area contributed by atoms with Gasteiger partial charge >= 0.3 is 0 Å². The topological polar surface area (TPSA) is 120 Å². The average molecular weight is 344 g/mol. The van der Waals surface area contributed by atoms with Gasteiger partial charge in [0.25, 0.3) is 11.4 Å². The molecule has 0 aromatic heterocycles. The molecule has 1 atom stereocenters. The van der Waals surface area contributed by atoms with E-state index in [9.17, 15) is 28.6 Å². The van der Waals surface area contributed by atoms with Gasteiger partial charge in [-0.1, -0.05) is 32.6 Å². The summed E-state index contributed by atoms with van der Waals surface area (Å²) in [6, 6.07) is 2.62. The Bertz CT molecular complexity index is 687. The van der Waals surface area contributed by atoms with E-state index in [0.29, 0.717) is 12.5 Å². The van der Waals surface area contributed by atoms with Gasteiger partial charge in [0, 0.05) is 6.07 Å². The van der Waals surface area contributed by atoms with Crippen LogP contribution in [0, 0.1) is 20.2 Å². The van der Waals surface area contributed by atoms with Crippen LogP contribution in [0.5, 0.6) is 0 Å². The number of rotatable bonds is 9. The van der Waals surface area contributed by atoms with E-state index < -0.39 is 41.2 Å². The van der Waals surface area contributed by atoms with Crippen LogP contribution in [-0.4, -0.2) is 23.5 Å². The third kappa shape index (κ3) is 4.72. The lowest BCUT2D eigenvalue weighted by molar-refractivity contribution is -0.396. The van der Waals surface area contributed by atoms with Crippen LogP contribution in [-0.2, 0) is 9.84 Å². The molecule has 0 aliphatic carbocycles. The lowest BCUT2D eigenvalue weighted by Crippen LogP contribution is -2.19. The largest absolute Gasteiger partial charge is 0.294 e. The second-order valence-electron chi connectivity index (χ2n) is 5.37. The Hall–Kier alpha value is -2.03. The second-order valence-corrected chi connectivity index (χ2v) is 7.71. The first-order chi connectivity index (χ1) is 10.7. The van der Waals surface area contributed by atoms with Crippen molar-refractivity contribution in [1.29, 1.82) is 0 Å².